The van der Waals surface area contributed by atoms with Gasteiger partial charge in [0.15, 0.2) is 5.76 Å². The molecule has 0 unspecified atom stereocenters. The summed E-state index contributed by atoms with van der Waals surface area (Å²) >= 11 is 0. The van der Waals surface area contributed by atoms with Crippen LogP contribution in [0, 0.1) is 12.7 Å². The number of furan rings is 1. The highest BCUT2D eigenvalue weighted by atomic mass is 19.1. The summed E-state index contributed by atoms with van der Waals surface area (Å²) < 4.78 is 21.1. The first-order valence-corrected chi connectivity index (χ1v) is 9.48. The molecule has 1 saturated heterocycles. The molecule has 0 spiro atoms. The summed E-state index contributed by atoms with van der Waals surface area (Å²) in [6, 6.07) is 9.92. The highest BCUT2D eigenvalue weighted by Crippen LogP contribution is 2.28. The van der Waals surface area contributed by atoms with Crippen molar-refractivity contribution in [1.82, 2.24) is 20.0 Å². The minimum Gasteiger partial charge on any atom is -0.460 e. The van der Waals surface area contributed by atoms with Gasteiger partial charge in [-0.15, -0.1) is 0 Å². The Bertz CT molecular complexity index is 994. The van der Waals surface area contributed by atoms with Crippen LogP contribution < -0.4 is 5.32 Å². The van der Waals surface area contributed by atoms with Crippen LogP contribution in [0.25, 0.3) is 17.1 Å². The SMILES string of the molecule is CC[C@H]1C(=O)NCCN1Cc1cn(-c2cccc(F)c2)nc1-c1ccc(C)o1. The molecule has 0 aliphatic carbocycles. The standard InChI is InChI=1S/C21H23FN4O2/c1-3-18-21(27)23-9-10-25(18)12-15-13-26(17-6-4-5-16(22)11-17)24-20(15)19-8-7-14(2)28-19/h4-8,11,13,18H,3,9-10,12H2,1-2H3,(H,23,27)/t18-/m0/s1. The molecule has 1 atom stereocenters. The summed E-state index contributed by atoms with van der Waals surface area (Å²) in [5, 5.41) is 7.59. The first kappa shape index (κ1) is 18.4. The molecule has 0 radical (unpaired) electrons. The van der Waals surface area contributed by atoms with E-state index in [2.05, 4.69) is 15.3 Å². The second-order valence-corrected chi connectivity index (χ2v) is 7.02. The Hall–Kier alpha value is -2.93. The highest BCUT2D eigenvalue weighted by Gasteiger charge is 2.29. The van der Waals surface area contributed by atoms with Gasteiger partial charge in [-0.05, 0) is 43.7 Å². The maximum absolute atomic E-state index is 13.7. The van der Waals surface area contributed by atoms with E-state index in [1.165, 1.54) is 12.1 Å². The number of nitrogens with zero attached hydrogens (tertiary/aromatic N) is 3. The lowest BCUT2D eigenvalue weighted by Crippen LogP contribution is -2.54. The van der Waals surface area contributed by atoms with E-state index in [0.29, 0.717) is 30.2 Å². The van der Waals surface area contributed by atoms with Crippen LogP contribution in [0.3, 0.4) is 0 Å². The number of rotatable bonds is 5. The molecule has 146 valence electrons. The van der Waals surface area contributed by atoms with Crippen molar-refractivity contribution in [1.29, 1.82) is 0 Å². The van der Waals surface area contributed by atoms with Gasteiger partial charge in [0.2, 0.25) is 5.91 Å². The van der Waals surface area contributed by atoms with Gasteiger partial charge in [-0.3, -0.25) is 9.69 Å². The van der Waals surface area contributed by atoms with Crippen molar-refractivity contribution in [2.45, 2.75) is 32.9 Å². The Labute approximate surface area is 162 Å². The van der Waals surface area contributed by atoms with Gasteiger partial charge >= 0.3 is 0 Å². The number of hydrogen-bond donors (Lipinski definition) is 1. The number of halogens is 1. The number of nitrogens with one attached hydrogen (secondary N) is 1. The molecule has 1 fully saturated rings. The monoisotopic (exact) mass is 382 g/mol. The molecule has 1 aromatic carbocycles. The van der Waals surface area contributed by atoms with Crippen LogP contribution in [-0.4, -0.2) is 39.7 Å². The summed E-state index contributed by atoms with van der Waals surface area (Å²) in [5.74, 6) is 1.20. The van der Waals surface area contributed by atoms with E-state index in [1.54, 1.807) is 16.8 Å². The molecule has 28 heavy (non-hydrogen) atoms. The first-order chi connectivity index (χ1) is 13.5. The number of piperazine rings is 1. The molecule has 1 aliphatic rings. The topological polar surface area (TPSA) is 63.3 Å². The van der Waals surface area contributed by atoms with Crippen LogP contribution in [-0.2, 0) is 11.3 Å². The maximum Gasteiger partial charge on any atom is 0.237 e. The fourth-order valence-corrected chi connectivity index (χ4v) is 3.66. The van der Waals surface area contributed by atoms with E-state index in [1.807, 2.05) is 32.2 Å². The third kappa shape index (κ3) is 3.57. The second-order valence-electron chi connectivity index (χ2n) is 7.02. The lowest BCUT2D eigenvalue weighted by Gasteiger charge is -2.34. The van der Waals surface area contributed by atoms with E-state index >= 15 is 0 Å². The lowest BCUT2D eigenvalue weighted by atomic mass is 10.1. The number of benzene rings is 1. The molecule has 0 saturated carbocycles. The molecule has 2 aromatic heterocycles. The van der Waals surface area contributed by atoms with Gasteiger partial charge in [0, 0.05) is 31.4 Å². The van der Waals surface area contributed by atoms with E-state index < -0.39 is 0 Å². The lowest BCUT2D eigenvalue weighted by molar-refractivity contribution is -0.129. The second kappa shape index (κ2) is 7.59. The summed E-state index contributed by atoms with van der Waals surface area (Å²) in [6.07, 6.45) is 2.63. The van der Waals surface area contributed by atoms with Gasteiger partial charge in [0.25, 0.3) is 0 Å². The van der Waals surface area contributed by atoms with Crippen LogP contribution in [0.4, 0.5) is 4.39 Å². The number of amides is 1. The van der Waals surface area contributed by atoms with Crippen molar-refractivity contribution in [3.8, 4) is 17.1 Å². The predicted molar refractivity (Wildman–Crippen MR) is 103 cm³/mol. The smallest absolute Gasteiger partial charge is 0.237 e. The molecule has 7 heteroatoms. The molecular weight excluding hydrogens is 359 g/mol. The molecule has 1 amide bonds. The molecule has 4 rings (SSSR count). The third-order valence-electron chi connectivity index (χ3n) is 5.04. The Morgan fingerprint density at radius 3 is 2.89 bits per heavy atom. The normalized spacial score (nSPS) is 17.7. The van der Waals surface area contributed by atoms with Crippen molar-refractivity contribution in [2.75, 3.05) is 13.1 Å². The summed E-state index contributed by atoms with van der Waals surface area (Å²) in [4.78, 5) is 14.4. The number of carbonyl (C=O) groups is 1. The van der Waals surface area contributed by atoms with Crippen molar-refractivity contribution in [2.24, 2.45) is 0 Å². The van der Waals surface area contributed by atoms with Crippen LogP contribution in [0.5, 0.6) is 0 Å². The summed E-state index contributed by atoms with van der Waals surface area (Å²) in [5.41, 5.74) is 2.28. The average Bonchev–Trinajstić information content (AvgIpc) is 3.28. The molecule has 1 N–H and O–H groups in total. The molecule has 6 nitrogen and oxygen atoms in total. The summed E-state index contributed by atoms with van der Waals surface area (Å²) in [7, 11) is 0. The minimum atomic E-state index is -0.316. The number of carbonyl (C=O) groups excluding carboxylic acids is 1. The van der Waals surface area contributed by atoms with E-state index in [4.69, 9.17) is 4.42 Å². The van der Waals surface area contributed by atoms with Crippen molar-refractivity contribution in [3.63, 3.8) is 0 Å². The number of hydrogen-bond acceptors (Lipinski definition) is 4. The largest absolute Gasteiger partial charge is 0.460 e. The summed E-state index contributed by atoms with van der Waals surface area (Å²) in [6.45, 7) is 5.86. The predicted octanol–water partition coefficient (Wildman–Crippen LogP) is 3.29. The van der Waals surface area contributed by atoms with Crippen molar-refractivity contribution in [3.05, 3.63) is 59.7 Å². The molecule has 3 aromatic rings. The third-order valence-corrected chi connectivity index (χ3v) is 5.04. The molecule has 1 aliphatic heterocycles. The van der Waals surface area contributed by atoms with Gasteiger partial charge in [-0.1, -0.05) is 13.0 Å². The molecule has 0 bridgehead atoms. The van der Waals surface area contributed by atoms with Gasteiger partial charge in [0.1, 0.15) is 17.3 Å². The van der Waals surface area contributed by atoms with Crippen LogP contribution in [0.2, 0.25) is 0 Å². The Balaban J connectivity index is 1.73. The van der Waals surface area contributed by atoms with Crippen LogP contribution in [0.1, 0.15) is 24.7 Å². The maximum atomic E-state index is 13.7. The Morgan fingerprint density at radius 1 is 1.32 bits per heavy atom. The van der Waals surface area contributed by atoms with Gasteiger partial charge < -0.3 is 9.73 Å². The Morgan fingerprint density at radius 2 is 2.18 bits per heavy atom. The van der Waals surface area contributed by atoms with E-state index in [-0.39, 0.29) is 17.8 Å². The zero-order valence-electron chi connectivity index (χ0n) is 16.0. The van der Waals surface area contributed by atoms with E-state index in [0.717, 1.165) is 24.3 Å². The molecule has 3 heterocycles. The number of aryl methyl sites for hydroxylation is 1. The van der Waals surface area contributed by atoms with Gasteiger partial charge in [-0.25, -0.2) is 9.07 Å². The van der Waals surface area contributed by atoms with Crippen molar-refractivity contribution >= 4 is 5.91 Å². The van der Waals surface area contributed by atoms with Crippen molar-refractivity contribution < 1.29 is 13.6 Å². The minimum absolute atomic E-state index is 0.0571. The first-order valence-electron chi connectivity index (χ1n) is 9.48. The fourth-order valence-electron chi connectivity index (χ4n) is 3.66. The highest BCUT2D eigenvalue weighted by molar-refractivity contribution is 5.82. The van der Waals surface area contributed by atoms with E-state index in [9.17, 15) is 9.18 Å². The average molecular weight is 382 g/mol. The zero-order valence-corrected chi connectivity index (χ0v) is 16.0. The Kier molecular flexibility index (Phi) is 5.00. The fraction of sp³-hybridized carbons (Fsp3) is 0.333. The van der Waals surface area contributed by atoms with Crippen LogP contribution in [0.15, 0.2) is 47.0 Å². The number of aromatic nitrogens is 2. The molecular formula is C21H23FN4O2. The van der Waals surface area contributed by atoms with Gasteiger partial charge in [-0.2, -0.15) is 5.10 Å². The van der Waals surface area contributed by atoms with Crippen LogP contribution >= 0.6 is 0 Å². The quantitative estimate of drug-likeness (QED) is 0.736. The van der Waals surface area contributed by atoms with Gasteiger partial charge in [0.05, 0.1) is 11.7 Å². The zero-order chi connectivity index (χ0) is 19.7.